The predicted molar refractivity (Wildman–Crippen MR) is 110 cm³/mol. The first-order chi connectivity index (χ1) is 13.2. The van der Waals surface area contributed by atoms with Gasteiger partial charge in [-0.25, -0.2) is 0 Å². The molecule has 0 bridgehead atoms. The van der Waals surface area contributed by atoms with Gasteiger partial charge in [-0.3, -0.25) is 9.69 Å². The van der Waals surface area contributed by atoms with Crippen LogP contribution >= 0.6 is 0 Å². The number of nitrogens with zero attached hydrogens (tertiary/aromatic N) is 1. The quantitative estimate of drug-likeness (QED) is 0.853. The van der Waals surface area contributed by atoms with E-state index >= 15 is 0 Å². The van der Waals surface area contributed by atoms with Crippen LogP contribution in [0.2, 0.25) is 0 Å². The number of hydrogen-bond donors (Lipinski definition) is 1. The molecule has 3 nitrogen and oxygen atoms in total. The van der Waals surface area contributed by atoms with Gasteiger partial charge in [0.05, 0.1) is 6.04 Å². The average Bonchev–Trinajstić information content (AvgIpc) is 2.69. The summed E-state index contributed by atoms with van der Waals surface area (Å²) >= 11 is 0. The number of benzene rings is 2. The number of likely N-dealkylation sites (tertiary alicyclic amines) is 1. The van der Waals surface area contributed by atoms with Crippen molar-refractivity contribution in [2.45, 2.75) is 51.6 Å². The molecule has 0 aromatic heterocycles. The molecule has 2 atom stereocenters. The van der Waals surface area contributed by atoms with Crippen molar-refractivity contribution in [2.24, 2.45) is 5.92 Å². The lowest BCUT2D eigenvalue weighted by molar-refractivity contribution is 0.0932. The van der Waals surface area contributed by atoms with E-state index in [1.54, 1.807) is 0 Å². The summed E-state index contributed by atoms with van der Waals surface area (Å²) in [7, 11) is 0. The maximum absolute atomic E-state index is 12.7. The molecule has 0 unspecified atom stereocenters. The first-order valence-electron chi connectivity index (χ1n) is 10.4. The molecule has 27 heavy (non-hydrogen) atoms. The molecule has 2 aromatic rings. The highest BCUT2D eigenvalue weighted by molar-refractivity contribution is 5.94. The Morgan fingerprint density at radius 1 is 1.07 bits per heavy atom. The van der Waals surface area contributed by atoms with Crippen molar-refractivity contribution in [3.05, 3.63) is 70.8 Å². The fourth-order valence-electron chi connectivity index (χ4n) is 4.60. The minimum Gasteiger partial charge on any atom is -0.345 e. The molecule has 1 N–H and O–H groups in total. The molecule has 2 aromatic carbocycles. The van der Waals surface area contributed by atoms with Crippen molar-refractivity contribution in [3.8, 4) is 0 Å². The van der Waals surface area contributed by atoms with Crippen LogP contribution in [0, 0.1) is 5.92 Å². The van der Waals surface area contributed by atoms with Gasteiger partial charge < -0.3 is 5.32 Å². The van der Waals surface area contributed by atoms with E-state index in [0.717, 1.165) is 37.3 Å². The highest BCUT2D eigenvalue weighted by atomic mass is 16.1. The highest BCUT2D eigenvalue weighted by Gasteiger charge is 2.22. The van der Waals surface area contributed by atoms with Crippen LogP contribution < -0.4 is 5.32 Å². The molecule has 3 heteroatoms. The Bertz CT molecular complexity index is 783. The van der Waals surface area contributed by atoms with Crippen molar-refractivity contribution < 1.29 is 4.79 Å². The van der Waals surface area contributed by atoms with E-state index in [9.17, 15) is 4.79 Å². The zero-order chi connectivity index (χ0) is 18.6. The van der Waals surface area contributed by atoms with Gasteiger partial charge in [-0.1, -0.05) is 43.3 Å². The van der Waals surface area contributed by atoms with Crippen LogP contribution in [-0.2, 0) is 13.0 Å². The Kier molecular flexibility index (Phi) is 5.58. The summed E-state index contributed by atoms with van der Waals surface area (Å²) in [4.78, 5) is 15.3. The van der Waals surface area contributed by atoms with E-state index in [2.05, 4.69) is 53.5 Å². The van der Waals surface area contributed by atoms with E-state index in [4.69, 9.17) is 0 Å². The second kappa shape index (κ2) is 8.26. The largest absolute Gasteiger partial charge is 0.345 e. The average molecular weight is 363 g/mol. The topological polar surface area (TPSA) is 32.3 Å². The molecule has 0 saturated carbocycles. The summed E-state index contributed by atoms with van der Waals surface area (Å²) < 4.78 is 0. The molecule has 1 aliphatic carbocycles. The third-order valence-corrected chi connectivity index (χ3v) is 6.04. The highest BCUT2D eigenvalue weighted by Crippen LogP contribution is 2.29. The molecule has 1 aliphatic heterocycles. The second-order valence-corrected chi connectivity index (χ2v) is 8.30. The zero-order valence-electron chi connectivity index (χ0n) is 16.3. The van der Waals surface area contributed by atoms with Crippen LogP contribution in [0.25, 0.3) is 0 Å². The van der Waals surface area contributed by atoms with Crippen molar-refractivity contribution in [2.75, 3.05) is 13.1 Å². The Morgan fingerprint density at radius 3 is 2.70 bits per heavy atom. The first-order valence-corrected chi connectivity index (χ1v) is 10.4. The summed E-state index contributed by atoms with van der Waals surface area (Å²) in [6.07, 6.45) is 5.92. The van der Waals surface area contributed by atoms with Crippen molar-refractivity contribution in [1.82, 2.24) is 10.2 Å². The summed E-state index contributed by atoms with van der Waals surface area (Å²) in [5.74, 6) is 0.831. The van der Waals surface area contributed by atoms with E-state index in [-0.39, 0.29) is 11.9 Å². The lowest BCUT2D eigenvalue weighted by atomic mass is 9.87. The third-order valence-electron chi connectivity index (χ3n) is 6.04. The first kappa shape index (κ1) is 18.2. The number of hydrogen-bond acceptors (Lipinski definition) is 2. The van der Waals surface area contributed by atoms with E-state index in [0.29, 0.717) is 0 Å². The Balaban J connectivity index is 1.38. The number of carbonyl (C=O) groups is 1. The minimum atomic E-state index is 0.0369. The van der Waals surface area contributed by atoms with Crippen LogP contribution in [0.1, 0.15) is 65.7 Å². The SMILES string of the molecule is C[C@@H]1CCCN(Cc2ccc(C(=O)N[C@@H]3CCCc4ccccc43)cc2)C1. The smallest absolute Gasteiger partial charge is 0.251 e. The van der Waals surface area contributed by atoms with E-state index in [1.807, 2.05) is 12.1 Å². The fourth-order valence-corrected chi connectivity index (χ4v) is 4.60. The number of amides is 1. The normalized spacial score (nSPS) is 22.9. The number of fused-ring (bicyclic) bond motifs is 1. The maximum atomic E-state index is 12.7. The van der Waals surface area contributed by atoms with Crippen molar-refractivity contribution in [1.29, 1.82) is 0 Å². The lowest BCUT2D eigenvalue weighted by Crippen LogP contribution is -2.33. The lowest BCUT2D eigenvalue weighted by Gasteiger charge is -2.30. The molecule has 142 valence electrons. The molecule has 2 aliphatic rings. The monoisotopic (exact) mass is 362 g/mol. The Hall–Kier alpha value is -2.13. The van der Waals surface area contributed by atoms with Gasteiger partial charge in [0, 0.05) is 18.7 Å². The number of nitrogens with one attached hydrogen (secondary N) is 1. The summed E-state index contributed by atoms with van der Waals surface area (Å²) in [6.45, 7) is 5.70. The van der Waals surface area contributed by atoms with Gasteiger partial charge >= 0.3 is 0 Å². The molecule has 4 rings (SSSR count). The van der Waals surface area contributed by atoms with Gasteiger partial charge in [-0.05, 0) is 73.4 Å². The van der Waals surface area contributed by atoms with Gasteiger partial charge in [0.2, 0.25) is 0 Å². The van der Waals surface area contributed by atoms with Gasteiger partial charge in [0.1, 0.15) is 0 Å². The Labute approximate surface area is 162 Å². The number of carbonyl (C=O) groups excluding carboxylic acids is 1. The Morgan fingerprint density at radius 2 is 1.89 bits per heavy atom. The number of aryl methyl sites for hydroxylation is 1. The molecule has 1 fully saturated rings. The second-order valence-electron chi connectivity index (χ2n) is 8.30. The fraction of sp³-hybridized carbons (Fsp3) is 0.458. The van der Waals surface area contributed by atoms with Crippen LogP contribution in [0.3, 0.4) is 0 Å². The van der Waals surface area contributed by atoms with Gasteiger partial charge in [-0.2, -0.15) is 0 Å². The van der Waals surface area contributed by atoms with Crippen molar-refractivity contribution >= 4 is 5.91 Å². The van der Waals surface area contributed by atoms with E-state index < -0.39 is 0 Å². The van der Waals surface area contributed by atoms with Crippen LogP contribution in [0.5, 0.6) is 0 Å². The maximum Gasteiger partial charge on any atom is 0.251 e. The number of piperidine rings is 1. The molecule has 1 heterocycles. The number of rotatable bonds is 4. The molecule has 0 spiro atoms. The zero-order valence-corrected chi connectivity index (χ0v) is 16.3. The summed E-state index contributed by atoms with van der Waals surface area (Å²) in [5, 5.41) is 3.25. The van der Waals surface area contributed by atoms with E-state index in [1.165, 1.54) is 42.6 Å². The van der Waals surface area contributed by atoms with Crippen molar-refractivity contribution in [3.63, 3.8) is 0 Å². The van der Waals surface area contributed by atoms with Crippen LogP contribution in [0.15, 0.2) is 48.5 Å². The molecular formula is C24H30N2O. The van der Waals surface area contributed by atoms with Crippen LogP contribution in [0.4, 0.5) is 0 Å². The van der Waals surface area contributed by atoms with Gasteiger partial charge in [0.15, 0.2) is 0 Å². The molecule has 1 amide bonds. The predicted octanol–water partition coefficient (Wildman–Crippen LogP) is 4.73. The molecular weight excluding hydrogens is 332 g/mol. The molecule has 1 saturated heterocycles. The van der Waals surface area contributed by atoms with Gasteiger partial charge in [0.25, 0.3) is 5.91 Å². The third kappa shape index (κ3) is 4.41. The summed E-state index contributed by atoms with van der Waals surface area (Å²) in [6, 6.07) is 16.8. The van der Waals surface area contributed by atoms with Crippen LogP contribution in [-0.4, -0.2) is 23.9 Å². The van der Waals surface area contributed by atoms with Gasteiger partial charge in [-0.15, -0.1) is 0 Å². The summed E-state index contributed by atoms with van der Waals surface area (Å²) in [5.41, 5.74) is 4.71. The molecule has 0 radical (unpaired) electrons. The minimum absolute atomic E-state index is 0.0369. The standard InChI is InChI=1S/C24H30N2O/c1-18-6-5-15-26(16-18)17-19-11-13-21(14-12-19)24(27)25-23-10-4-8-20-7-2-3-9-22(20)23/h2-3,7,9,11-14,18,23H,4-6,8,10,15-17H2,1H3,(H,25,27)/t18-,23-/m1/s1.